The zero-order valence-electron chi connectivity index (χ0n) is 17.4. The van der Waals surface area contributed by atoms with Crippen molar-refractivity contribution in [1.82, 2.24) is 9.78 Å². The van der Waals surface area contributed by atoms with Gasteiger partial charge in [-0.15, -0.1) is 0 Å². The fourth-order valence-electron chi connectivity index (χ4n) is 3.21. The Morgan fingerprint density at radius 1 is 1.06 bits per heavy atom. The molecule has 32 heavy (non-hydrogen) atoms. The number of ether oxygens (including phenoxy) is 1. The summed E-state index contributed by atoms with van der Waals surface area (Å²) < 4.78 is 21.4. The molecular formula is C25H21ClFN3O2. The minimum Gasteiger partial charge on any atom is -0.489 e. The first-order valence-electron chi connectivity index (χ1n) is 10.0. The van der Waals surface area contributed by atoms with Crippen molar-refractivity contribution in [1.29, 1.82) is 0 Å². The molecular weight excluding hydrogens is 429 g/mol. The number of nitrogens with one attached hydrogen (secondary N) is 1. The van der Waals surface area contributed by atoms with Crippen molar-refractivity contribution in [3.05, 3.63) is 112 Å². The first kappa shape index (κ1) is 21.6. The molecule has 1 aromatic heterocycles. The molecule has 0 saturated heterocycles. The Morgan fingerprint density at radius 2 is 1.84 bits per heavy atom. The number of anilines is 1. The summed E-state index contributed by atoms with van der Waals surface area (Å²) in [5.41, 5.74) is 2.69. The van der Waals surface area contributed by atoms with E-state index in [-0.39, 0.29) is 18.3 Å². The lowest BCUT2D eigenvalue weighted by Crippen LogP contribution is -2.13. The molecule has 162 valence electrons. The number of benzene rings is 3. The number of hydrogen-bond acceptors (Lipinski definition) is 3. The van der Waals surface area contributed by atoms with Gasteiger partial charge >= 0.3 is 0 Å². The Labute approximate surface area is 190 Å². The van der Waals surface area contributed by atoms with Crippen LogP contribution in [0.3, 0.4) is 0 Å². The lowest BCUT2D eigenvalue weighted by Gasteiger charge is -2.08. The van der Waals surface area contributed by atoms with Crippen LogP contribution in [0, 0.1) is 12.7 Å². The first-order valence-corrected chi connectivity index (χ1v) is 10.4. The summed E-state index contributed by atoms with van der Waals surface area (Å²) in [4.78, 5) is 12.7. The van der Waals surface area contributed by atoms with Crippen LogP contribution in [0.25, 0.3) is 0 Å². The van der Waals surface area contributed by atoms with E-state index in [0.29, 0.717) is 34.3 Å². The van der Waals surface area contributed by atoms with Crippen LogP contribution in [0.2, 0.25) is 5.02 Å². The van der Waals surface area contributed by atoms with E-state index in [4.69, 9.17) is 16.3 Å². The second-order valence-corrected chi connectivity index (χ2v) is 7.75. The monoisotopic (exact) mass is 449 g/mol. The van der Waals surface area contributed by atoms with Crippen molar-refractivity contribution in [2.24, 2.45) is 0 Å². The average molecular weight is 450 g/mol. The molecule has 1 heterocycles. The molecule has 0 aliphatic carbocycles. The summed E-state index contributed by atoms with van der Waals surface area (Å²) >= 11 is 5.89. The maximum absolute atomic E-state index is 13.9. The maximum Gasteiger partial charge on any atom is 0.256 e. The zero-order valence-corrected chi connectivity index (χ0v) is 18.1. The van der Waals surface area contributed by atoms with E-state index in [9.17, 15) is 9.18 Å². The van der Waals surface area contributed by atoms with Gasteiger partial charge < -0.3 is 10.1 Å². The predicted octanol–water partition coefficient (Wildman–Crippen LogP) is 5.86. The van der Waals surface area contributed by atoms with E-state index in [2.05, 4.69) is 10.4 Å². The number of hydrogen-bond donors (Lipinski definition) is 1. The molecule has 4 rings (SSSR count). The Balaban J connectivity index is 1.41. The second-order valence-electron chi connectivity index (χ2n) is 7.32. The van der Waals surface area contributed by atoms with Crippen LogP contribution in [0.15, 0.2) is 78.9 Å². The zero-order chi connectivity index (χ0) is 22.5. The molecule has 0 unspecified atom stereocenters. The van der Waals surface area contributed by atoms with Crippen molar-refractivity contribution in [3.63, 3.8) is 0 Å². The van der Waals surface area contributed by atoms with Gasteiger partial charge in [-0.3, -0.25) is 9.48 Å². The Hall–Kier alpha value is -3.64. The molecule has 0 atom stereocenters. The van der Waals surface area contributed by atoms with Gasteiger partial charge in [-0.1, -0.05) is 41.9 Å². The van der Waals surface area contributed by atoms with Crippen LogP contribution in [0.1, 0.15) is 27.2 Å². The van der Waals surface area contributed by atoms with Gasteiger partial charge in [0.1, 0.15) is 18.2 Å². The molecule has 4 aromatic rings. The first-order chi connectivity index (χ1) is 15.5. The third-order valence-electron chi connectivity index (χ3n) is 4.91. The van der Waals surface area contributed by atoms with Gasteiger partial charge in [0.25, 0.3) is 5.91 Å². The van der Waals surface area contributed by atoms with Crippen molar-refractivity contribution < 1.29 is 13.9 Å². The number of rotatable bonds is 7. The van der Waals surface area contributed by atoms with Crippen molar-refractivity contribution >= 4 is 23.3 Å². The molecule has 3 aromatic carbocycles. The molecule has 0 aliphatic rings. The highest BCUT2D eigenvalue weighted by molar-refractivity contribution is 6.30. The molecule has 0 bridgehead atoms. The number of amides is 1. The van der Waals surface area contributed by atoms with Gasteiger partial charge in [0.2, 0.25) is 0 Å². The molecule has 1 amide bonds. The maximum atomic E-state index is 13.9. The summed E-state index contributed by atoms with van der Waals surface area (Å²) in [5, 5.41) is 7.85. The SMILES string of the molecule is Cc1cc(NC(=O)c2cccc(COc3ccc(Cl)cc3)c2)nn1Cc1ccccc1F. The smallest absolute Gasteiger partial charge is 0.256 e. The highest BCUT2D eigenvalue weighted by Crippen LogP contribution is 2.18. The predicted molar refractivity (Wildman–Crippen MR) is 123 cm³/mol. The molecule has 7 heteroatoms. The summed E-state index contributed by atoms with van der Waals surface area (Å²) in [7, 11) is 0. The van der Waals surface area contributed by atoms with Crippen LogP contribution in [-0.2, 0) is 13.2 Å². The van der Waals surface area contributed by atoms with Gasteiger partial charge in [-0.05, 0) is 55.0 Å². The van der Waals surface area contributed by atoms with Gasteiger partial charge in [0, 0.05) is 27.9 Å². The number of halogens is 2. The summed E-state index contributed by atoms with van der Waals surface area (Å²) in [6.45, 7) is 2.46. The summed E-state index contributed by atoms with van der Waals surface area (Å²) in [6.07, 6.45) is 0. The number of nitrogens with zero attached hydrogens (tertiary/aromatic N) is 2. The highest BCUT2D eigenvalue weighted by Gasteiger charge is 2.12. The van der Waals surface area contributed by atoms with Gasteiger partial charge in [-0.2, -0.15) is 5.10 Å². The Kier molecular flexibility index (Phi) is 6.52. The van der Waals surface area contributed by atoms with E-state index in [1.165, 1.54) is 6.07 Å². The third-order valence-corrected chi connectivity index (χ3v) is 5.16. The van der Waals surface area contributed by atoms with Gasteiger partial charge in [-0.25, -0.2) is 4.39 Å². The van der Waals surface area contributed by atoms with E-state index < -0.39 is 0 Å². The molecule has 0 radical (unpaired) electrons. The second kappa shape index (κ2) is 9.66. The Bertz CT molecular complexity index is 1240. The lowest BCUT2D eigenvalue weighted by atomic mass is 10.1. The molecule has 0 aliphatic heterocycles. The van der Waals surface area contributed by atoms with E-state index in [1.807, 2.05) is 13.0 Å². The van der Waals surface area contributed by atoms with Crippen LogP contribution in [0.5, 0.6) is 5.75 Å². The molecule has 0 fully saturated rings. The van der Waals surface area contributed by atoms with Gasteiger partial charge in [0.15, 0.2) is 5.82 Å². The van der Waals surface area contributed by atoms with E-state index >= 15 is 0 Å². The minimum atomic E-state index is -0.286. The topological polar surface area (TPSA) is 56.1 Å². The summed E-state index contributed by atoms with van der Waals surface area (Å²) in [5.74, 6) is 0.534. The van der Waals surface area contributed by atoms with Gasteiger partial charge in [0.05, 0.1) is 6.54 Å². The normalized spacial score (nSPS) is 10.7. The molecule has 0 spiro atoms. The fourth-order valence-corrected chi connectivity index (χ4v) is 3.33. The standard InChI is InChI=1S/C25H21ClFN3O2/c1-17-13-24(29-30(17)15-20-6-2-3-8-23(20)27)28-25(31)19-7-4-5-18(14-19)16-32-22-11-9-21(26)10-12-22/h2-14H,15-16H2,1H3,(H,28,29,31). The van der Waals surface area contributed by atoms with E-state index in [1.54, 1.807) is 71.4 Å². The van der Waals surface area contributed by atoms with Crippen molar-refractivity contribution in [2.75, 3.05) is 5.32 Å². The van der Waals surface area contributed by atoms with Crippen LogP contribution in [-0.4, -0.2) is 15.7 Å². The van der Waals surface area contributed by atoms with Crippen molar-refractivity contribution in [3.8, 4) is 5.75 Å². The van der Waals surface area contributed by atoms with E-state index in [0.717, 1.165) is 11.3 Å². The quantitative estimate of drug-likeness (QED) is 0.384. The molecule has 0 saturated carbocycles. The lowest BCUT2D eigenvalue weighted by molar-refractivity contribution is 0.102. The molecule has 1 N–H and O–H groups in total. The minimum absolute atomic E-state index is 0.283. The number of aromatic nitrogens is 2. The van der Waals surface area contributed by atoms with Crippen molar-refractivity contribution in [2.45, 2.75) is 20.1 Å². The average Bonchev–Trinajstić information content (AvgIpc) is 3.13. The largest absolute Gasteiger partial charge is 0.489 e. The number of carbonyl (C=O) groups is 1. The fraction of sp³-hybridized carbons (Fsp3) is 0.120. The molecule has 5 nitrogen and oxygen atoms in total. The highest BCUT2D eigenvalue weighted by atomic mass is 35.5. The van der Waals surface area contributed by atoms with Crippen LogP contribution >= 0.6 is 11.6 Å². The summed E-state index contributed by atoms with van der Waals surface area (Å²) in [6, 6.07) is 22.6. The van der Waals surface area contributed by atoms with Crippen LogP contribution < -0.4 is 10.1 Å². The number of aryl methyl sites for hydroxylation is 1. The Morgan fingerprint density at radius 3 is 2.62 bits per heavy atom. The number of carbonyl (C=O) groups excluding carboxylic acids is 1. The van der Waals surface area contributed by atoms with Crippen LogP contribution in [0.4, 0.5) is 10.2 Å². The third kappa shape index (κ3) is 5.34.